The lowest BCUT2D eigenvalue weighted by Gasteiger charge is -2.11. The van der Waals surface area contributed by atoms with Crippen LogP contribution in [0.15, 0.2) is 53.2 Å². The van der Waals surface area contributed by atoms with E-state index in [0.29, 0.717) is 0 Å². The quantitative estimate of drug-likeness (QED) is 0.561. The Morgan fingerprint density at radius 2 is 1.95 bits per heavy atom. The van der Waals surface area contributed by atoms with E-state index in [-0.39, 0.29) is 24.0 Å². The number of hydrogen-bond donors (Lipinski definition) is 0. The number of benzene rings is 1. The largest absolute Gasteiger partial charge is 1.00 e. The molecule has 1 aromatic carbocycles. The van der Waals surface area contributed by atoms with Crippen molar-refractivity contribution < 1.29 is 24.0 Å². The predicted molar refractivity (Wildman–Crippen MR) is 78.8 cm³/mol. The molecule has 2 nitrogen and oxygen atoms in total. The van der Waals surface area contributed by atoms with E-state index in [2.05, 4.69) is 52.4 Å². The Kier molecular flexibility index (Phi) is 6.46. The zero-order valence-corrected chi connectivity index (χ0v) is 13.3. The van der Waals surface area contributed by atoms with Gasteiger partial charge in [0.15, 0.2) is 11.8 Å². The fourth-order valence-electron chi connectivity index (χ4n) is 1.68. The van der Waals surface area contributed by atoms with Crippen LogP contribution in [0, 0.1) is 6.08 Å². The first-order valence-electron chi connectivity index (χ1n) is 6.00. The number of halogens is 1. The van der Waals surface area contributed by atoms with Crippen LogP contribution < -0.4 is 28.9 Å². The summed E-state index contributed by atoms with van der Waals surface area (Å²) in [6.07, 6.45) is 13.8. The van der Waals surface area contributed by atoms with Crippen LogP contribution in [-0.4, -0.2) is 20.3 Å². The maximum Gasteiger partial charge on any atom is 0.179 e. The minimum Gasteiger partial charge on any atom is -1.00 e. The fraction of sp³-hybridized carbons (Fsp3) is 0.188. The van der Waals surface area contributed by atoms with Gasteiger partial charge in [0, 0.05) is 26.2 Å². The second-order valence-corrected chi connectivity index (χ2v) is 4.36. The first-order chi connectivity index (χ1) is 8.75. The van der Waals surface area contributed by atoms with Gasteiger partial charge in [-0.1, -0.05) is 24.3 Å². The van der Waals surface area contributed by atoms with E-state index in [4.69, 9.17) is 0 Å². The Balaban J connectivity index is 0.00000180. The maximum atomic E-state index is 3.95. The molecule has 1 aliphatic heterocycles. The van der Waals surface area contributed by atoms with Crippen LogP contribution in [-0.2, 0) is 0 Å². The van der Waals surface area contributed by atoms with E-state index < -0.39 is 0 Å². The monoisotopic (exact) mass is 364 g/mol. The lowest BCUT2D eigenvalue weighted by atomic mass is 10.1. The van der Waals surface area contributed by atoms with Crippen molar-refractivity contribution in [2.75, 3.05) is 19.0 Å². The summed E-state index contributed by atoms with van der Waals surface area (Å²) in [4.78, 5) is 6.05. The van der Waals surface area contributed by atoms with Crippen LogP contribution in [0.25, 0.3) is 6.08 Å². The molecule has 0 spiro atoms. The second-order valence-electron chi connectivity index (χ2n) is 4.36. The van der Waals surface area contributed by atoms with Crippen molar-refractivity contribution in [2.24, 2.45) is 4.99 Å². The Hall–Kier alpha value is -1.45. The SMILES string of the molecule is CN(C)c1ccc(C=CCC2=CC=NC=[C+]2)cc1.[I-]. The summed E-state index contributed by atoms with van der Waals surface area (Å²) in [7, 11) is 4.09. The highest BCUT2D eigenvalue weighted by Gasteiger charge is 2.03. The lowest BCUT2D eigenvalue weighted by Crippen LogP contribution is -3.00. The highest BCUT2D eigenvalue weighted by Crippen LogP contribution is 2.14. The van der Waals surface area contributed by atoms with Gasteiger partial charge >= 0.3 is 0 Å². The molecule has 0 amide bonds. The van der Waals surface area contributed by atoms with Gasteiger partial charge in [0.05, 0.1) is 6.08 Å². The molecule has 0 radical (unpaired) electrons. The molecule has 0 bridgehead atoms. The van der Waals surface area contributed by atoms with Crippen molar-refractivity contribution in [3.63, 3.8) is 0 Å². The summed E-state index contributed by atoms with van der Waals surface area (Å²) in [5.41, 5.74) is 3.59. The zero-order chi connectivity index (χ0) is 12.8. The summed E-state index contributed by atoms with van der Waals surface area (Å²) < 4.78 is 0. The molecular weight excluding hydrogens is 347 g/mol. The lowest BCUT2D eigenvalue weighted by molar-refractivity contribution is -0.00000364. The molecule has 1 aromatic rings. The van der Waals surface area contributed by atoms with Crippen molar-refractivity contribution in [3.8, 4) is 0 Å². The highest BCUT2D eigenvalue weighted by molar-refractivity contribution is 5.74. The van der Waals surface area contributed by atoms with Gasteiger partial charge in [0.25, 0.3) is 0 Å². The zero-order valence-electron chi connectivity index (χ0n) is 11.2. The number of allylic oxidation sites excluding steroid dienone is 4. The van der Waals surface area contributed by atoms with Crippen LogP contribution in [0.2, 0.25) is 0 Å². The van der Waals surface area contributed by atoms with Gasteiger partial charge in [-0.3, -0.25) is 0 Å². The second kappa shape index (κ2) is 7.87. The minimum absolute atomic E-state index is 0. The summed E-state index contributed by atoms with van der Waals surface area (Å²) in [5.74, 6) is 0. The predicted octanol–water partition coefficient (Wildman–Crippen LogP) is 0.488. The van der Waals surface area contributed by atoms with Crippen molar-refractivity contribution in [1.82, 2.24) is 0 Å². The van der Waals surface area contributed by atoms with E-state index in [0.717, 1.165) is 12.0 Å². The Morgan fingerprint density at radius 3 is 2.53 bits per heavy atom. The third kappa shape index (κ3) is 4.97. The fourth-order valence-corrected chi connectivity index (χ4v) is 1.68. The van der Waals surface area contributed by atoms with Gasteiger partial charge in [0.2, 0.25) is 0 Å². The molecular formula is C16H17IN2. The topological polar surface area (TPSA) is 15.6 Å². The first-order valence-corrected chi connectivity index (χ1v) is 6.00. The van der Waals surface area contributed by atoms with Crippen molar-refractivity contribution in [2.45, 2.75) is 6.42 Å². The molecule has 0 unspecified atom stereocenters. The van der Waals surface area contributed by atoms with Crippen LogP contribution in [0.3, 0.4) is 0 Å². The number of rotatable bonds is 4. The summed E-state index contributed by atoms with van der Waals surface area (Å²) in [6, 6.07) is 8.50. The van der Waals surface area contributed by atoms with Gasteiger partial charge in [-0.05, 0) is 17.7 Å². The number of anilines is 1. The summed E-state index contributed by atoms with van der Waals surface area (Å²) >= 11 is 0. The first kappa shape index (κ1) is 15.6. The number of aliphatic imine (C=N–C) groups is 1. The molecule has 0 atom stereocenters. The number of nitrogens with zero attached hydrogens (tertiary/aromatic N) is 2. The third-order valence-electron chi connectivity index (χ3n) is 2.74. The molecule has 0 N–H and O–H groups in total. The molecule has 0 saturated heterocycles. The molecule has 0 saturated carbocycles. The molecule has 1 aliphatic rings. The third-order valence-corrected chi connectivity index (χ3v) is 2.74. The molecule has 98 valence electrons. The Labute approximate surface area is 132 Å². The molecule has 3 heteroatoms. The highest BCUT2D eigenvalue weighted by atomic mass is 127. The molecule has 19 heavy (non-hydrogen) atoms. The normalized spacial score (nSPS) is 12.8. The van der Waals surface area contributed by atoms with E-state index in [1.165, 1.54) is 11.3 Å². The van der Waals surface area contributed by atoms with Crippen LogP contribution in [0.4, 0.5) is 5.69 Å². The summed E-state index contributed by atoms with van der Waals surface area (Å²) in [6.45, 7) is 0. The van der Waals surface area contributed by atoms with E-state index in [1.807, 2.05) is 20.2 Å². The van der Waals surface area contributed by atoms with Crippen molar-refractivity contribution in [3.05, 3.63) is 59.8 Å². The minimum atomic E-state index is 0. The molecule has 0 aliphatic carbocycles. The number of hydrogen-bond acceptors (Lipinski definition) is 2. The standard InChI is InChI=1S/C16H17N2.HI/c1-18(2)16-8-6-14(7-9-16)4-3-5-15-10-12-17-13-11-15;/h3-4,6-10,12-13H,5H2,1-2H3;1H/q+1;/p-1. The Morgan fingerprint density at radius 1 is 1.21 bits per heavy atom. The van der Waals surface area contributed by atoms with Gasteiger partial charge < -0.3 is 28.9 Å². The average molecular weight is 364 g/mol. The van der Waals surface area contributed by atoms with Crippen LogP contribution in [0.5, 0.6) is 0 Å². The van der Waals surface area contributed by atoms with Crippen LogP contribution >= 0.6 is 0 Å². The van der Waals surface area contributed by atoms with Crippen LogP contribution in [0.1, 0.15) is 12.0 Å². The molecule has 0 fully saturated rings. The molecule has 1 heterocycles. The van der Waals surface area contributed by atoms with Gasteiger partial charge in [-0.15, -0.1) is 0 Å². The summed E-state index contributed by atoms with van der Waals surface area (Å²) in [5, 5.41) is 0. The van der Waals surface area contributed by atoms with Gasteiger partial charge in [-0.2, -0.15) is 0 Å². The van der Waals surface area contributed by atoms with Crippen molar-refractivity contribution in [1.29, 1.82) is 0 Å². The van der Waals surface area contributed by atoms with Gasteiger partial charge in [-0.25, -0.2) is 4.99 Å². The molecule has 0 aromatic heterocycles. The Bertz CT molecular complexity index is 508. The van der Waals surface area contributed by atoms with Gasteiger partial charge in [0.1, 0.15) is 12.3 Å². The average Bonchev–Trinajstić information content (AvgIpc) is 2.40. The smallest absolute Gasteiger partial charge is 0.179 e. The van der Waals surface area contributed by atoms with E-state index >= 15 is 0 Å². The maximum absolute atomic E-state index is 3.95. The van der Waals surface area contributed by atoms with E-state index in [9.17, 15) is 0 Å². The van der Waals surface area contributed by atoms with Crippen molar-refractivity contribution >= 4 is 18.0 Å². The van der Waals surface area contributed by atoms with E-state index in [1.54, 1.807) is 12.4 Å². The molecule has 2 rings (SSSR count).